The van der Waals surface area contributed by atoms with Crippen LogP contribution in [0.3, 0.4) is 0 Å². The van der Waals surface area contributed by atoms with E-state index in [-0.39, 0.29) is 0 Å². The van der Waals surface area contributed by atoms with Gasteiger partial charge in [0.25, 0.3) is 0 Å². The van der Waals surface area contributed by atoms with Crippen molar-refractivity contribution in [2.75, 3.05) is 9.91 Å². The summed E-state index contributed by atoms with van der Waals surface area (Å²) in [7, 11) is 0. The van der Waals surface area contributed by atoms with Gasteiger partial charge < -0.3 is 4.90 Å². The average molecular weight is 662 g/mol. The molecule has 3 heteroatoms. The lowest BCUT2D eigenvalue weighted by Crippen LogP contribution is -2.10. The number of benzene rings is 6. The maximum absolute atomic E-state index is 4.91. The molecule has 51 heavy (non-hydrogen) atoms. The third kappa shape index (κ3) is 8.01. The van der Waals surface area contributed by atoms with Crippen LogP contribution in [0, 0.1) is 18.8 Å². The molecule has 0 aromatic heterocycles. The van der Waals surface area contributed by atoms with E-state index in [2.05, 4.69) is 177 Å². The van der Waals surface area contributed by atoms with Gasteiger partial charge in [-0.05, 0) is 113 Å². The Morgan fingerprint density at radius 1 is 0.529 bits per heavy atom. The lowest BCUT2D eigenvalue weighted by molar-refractivity contribution is 0.550. The quantitative estimate of drug-likeness (QED) is 0.0826. The molecule has 0 radical (unpaired) electrons. The molecular weight excluding hydrogens is 619 g/mol. The van der Waals surface area contributed by atoms with Gasteiger partial charge in [-0.1, -0.05) is 141 Å². The molecule has 3 nitrogen and oxygen atoms in total. The van der Waals surface area contributed by atoms with E-state index in [0.29, 0.717) is 11.8 Å². The molecule has 0 heterocycles. The van der Waals surface area contributed by atoms with Crippen molar-refractivity contribution in [3.8, 4) is 0 Å². The van der Waals surface area contributed by atoms with E-state index in [1.54, 1.807) is 0 Å². The highest BCUT2D eigenvalue weighted by molar-refractivity contribution is 5.93. The van der Waals surface area contributed by atoms with E-state index in [1.807, 2.05) is 47.6 Å². The molecule has 0 saturated carbocycles. The highest BCUT2D eigenvalue weighted by Gasteiger charge is 2.17. The van der Waals surface area contributed by atoms with Crippen molar-refractivity contribution in [1.29, 1.82) is 0 Å². The summed E-state index contributed by atoms with van der Waals surface area (Å²) in [6.45, 7) is 6.73. The molecule has 0 saturated heterocycles. The summed E-state index contributed by atoms with van der Waals surface area (Å²) < 4.78 is 0. The second kappa shape index (κ2) is 15.6. The Hall–Kier alpha value is -6.19. The number of hydrogen-bond donors (Lipinski definition) is 0. The SMILES string of the molecule is Cc1ccc(C(=Cc2ccc(N(c3ccccc3)c3ccc(C=NN(c4ccccc4)c4ccccc4)cc3)cc2)C2=CC(C)C(C)C=C2)cc1. The molecule has 0 spiro atoms. The first-order valence-corrected chi connectivity index (χ1v) is 17.7. The zero-order valence-electron chi connectivity index (χ0n) is 29.5. The molecule has 0 fully saturated rings. The van der Waals surface area contributed by atoms with Gasteiger partial charge in [-0.2, -0.15) is 5.10 Å². The molecule has 6 aromatic rings. The van der Waals surface area contributed by atoms with E-state index < -0.39 is 0 Å². The Morgan fingerprint density at radius 2 is 1.02 bits per heavy atom. The Balaban J connectivity index is 1.19. The molecule has 1 aliphatic carbocycles. The Labute approximate surface area is 302 Å². The van der Waals surface area contributed by atoms with Gasteiger partial charge in [0.05, 0.1) is 17.6 Å². The van der Waals surface area contributed by atoms with Gasteiger partial charge in [0.1, 0.15) is 0 Å². The fraction of sp³-hybridized carbons (Fsp3) is 0.104. The van der Waals surface area contributed by atoms with Gasteiger partial charge in [0, 0.05) is 17.1 Å². The third-order valence-corrected chi connectivity index (χ3v) is 9.48. The van der Waals surface area contributed by atoms with E-state index in [0.717, 1.165) is 39.6 Å². The van der Waals surface area contributed by atoms with Crippen molar-refractivity contribution in [1.82, 2.24) is 0 Å². The normalized spacial score (nSPS) is 15.8. The average Bonchev–Trinajstić information content (AvgIpc) is 3.18. The molecule has 1 aliphatic rings. The number of anilines is 5. The van der Waals surface area contributed by atoms with Gasteiger partial charge in [-0.3, -0.25) is 0 Å². The van der Waals surface area contributed by atoms with Crippen molar-refractivity contribution in [3.05, 3.63) is 210 Å². The maximum atomic E-state index is 4.91. The zero-order chi connectivity index (χ0) is 35.0. The van der Waals surface area contributed by atoms with Crippen LogP contribution in [-0.4, -0.2) is 6.21 Å². The smallest absolute Gasteiger partial charge is 0.0652 e. The molecule has 2 unspecified atom stereocenters. The minimum Gasteiger partial charge on any atom is -0.311 e. The molecule has 0 amide bonds. The Morgan fingerprint density at radius 3 is 1.55 bits per heavy atom. The standard InChI is InChI=1S/C48H43N3/c1-36-19-26-41(27-20-36)48(42-28-21-37(2)38(3)33-42)34-39-22-29-44(30-23-39)50(43-13-7-4-8-14-43)45-31-24-40(25-32-45)35-49-51(46-15-9-5-10-16-46)47-17-11-6-12-18-47/h4-35,37-38H,1-3H3. The highest BCUT2D eigenvalue weighted by Crippen LogP contribution is 2.37. The minimum absolute atomic E-state index is 0.491. The Kier molecular flexibility index (Phi) is 10.2. The number of allylic oxidation sites excluding steroid dienone is 5. The number of hydrogen-bond acceptors (Lipinski definition) is 3. The lowest BCUT2D eigenvalue weighted by Gasteiger charge is -2.26. The summed E-state index contributed by atoms with van der Waals surface area (Å²) in [5, 5.41) is 6.87. The van der Waals surface area contributed by atoms with Crippen LogP contribution in [0.2, 0.25) is 0 Å². The molecule has 7 rings (SSSR count). The zero-order valence-corrected chi connectivity index (χ0v) is 29.5. The first-order chi connectivity index (χ1) is 25.0. The number of para-hydroxylation sites is 3. The van der Waals surface area contributed by atoms with Crippen LogP contribution in [-0.2, 0) is 0 Å². The molecular formula is C48H43N3. The van der Waals surface area contributed by atoms with Gasteiger partial charge in [-0.25, -0.2) is 5.01 Å². The van der Waals surface area contributed by atoms with Gasteiger partial charge >= 0.3 is 0 Å². The van der Waals surface area contributed by atoms with Crippen molar-refractivity contribution in [3.63, 3.8) is 0 Å². The second-order valence-electron chi connectivity index (χ2n) is 13.2. The van der Waals surface area contributed by atoms with Crippen LogP contribution in [0.1, 0.15) is 36.1 Å². The minimum atomic E-state index is 0.491. The monoisotopic (exact) mass is 661 g/mol. The Bertz CT molecular complexity index is 2110. The van der Waals surface area contributed by atoms with Crippen molar-refractivity contribution >= 4 is 46.3 Å². The topological polar surface area (TPSA) is 18.8 Å². The maximum Gasteiger partial charge on any atom is 0.0652 e. The summed E-state index contributed by atoms with van der Waals surface area (Å²) in [4.78, 5) is 2.30. The van der Waals surface area contributed by atoms with Crippen molar-refractivity contribution < 1.29 is 0 Å². The fourth-order valence-corrected chi connectivity index (χ4v) is 6.33. The number of aryl methyl sites for hydroxylation is 1. The van der Waals surface area contributed by atoms with Crippen molar-refractivity contribution in [2.24, 2.45) is 16.9 Å². The predicted molar refractivity (Wildman–Crippen MR) is 218 cm³/mol. The summed E-state index contributed by atoms with van der Waals surface area (Å²) in [5.41, 5.74) is 12.5. The molecule has 0 aliphatic heterocycles. The first kappa shape index (κ1) is 33.3. The van der Waals surface area contributed by atoms with Gasteiger partial charge in [0.15, 0.2) is 0 Å². The number of nitrogens with zero attached hydrogens (tertiary/aromatic N) is 3. The van der Waals surface area contributed by atoms with E-state index in [9.17, 15) is 0 Å². The summed E-state index contributed by atoms with van der Waals surface area (Å²) in [5.74, 6) is 1.03. The largest absolute Gasteiger partial charge is 0.311 e. The van der Waals surface area contributed by atoms with Crippen molar-refractivity contribution in [2.45, 2.75) is 20.8 Å². The van der Waals surface area contributed by atoms with Crippen LogP contribution < -0.4 is 9.91 Å². The van der Waals surface area contributed by atoms with Crippen LogP contribution in [0.15, 0.2) is 193 Å². The molecule has 0 bridgehead atoms. The summed E-state index contributed by atoms with van der Waals surface area (Å²) >= 11 is 0. The first-order valence-electron chi connectivity index (χ1n) is 17.7. The third-order valence-electron chi connectivity index (χ3n) is 9.48. The van der Waals surface area contributed by atoms with Crippen LogP contribution in [0.5, 0.6) is 0 Å². The number of hydrazone groups is 1. The predicted octanol–water partition coefficient (Wildman–Crippen LogP) is 12.9. The van der Waals surface area contributed by atoms with Crippen LogP contribution >= 0.6 is 0 Å². The van der Waals surface area contributed by atoms with Crippen LogP contribution in [0.4, 0.5) is 28.4 Å². The van der Waals surface area contributed by atoms with Gasteiger partial charge in [-0.15, -0.1) is 0 Å². The van der Waals surface area contributed by atoms with E-state index >= 15 is 0 Å². The summed E-state index contributed by atoms with van der Waals surface area (Å²) in [6, 6.07) is 57.3. The fourth-order valence-electron chi connectivity index (χ4n) is 6.33. The highest BCUT2D eigenvalue weighted by atomic mass is 15.5. The summed E-state index contributed by atoms with van der Waals surface area (Å²) in [6.07, 6.45) is 11.3. The molecule has 250 valence electrons. The lowest BCUT2D eigenvalue weighted by atomic mass is 9.84. The second-order valence-corrected chi connectivity index (χ2v) is 13.2. The van der Waals surface area contributed by atoms with Crippen LogP contribution in [0.25, 0.3) is 11.6 Å². The van der Waals surface area contributed by atoms with E-state index in [4.69, 9.17) is 5.10 Å². The number of rotatable bonds is 10. The molecule has 0 N–H and O–H groups in total. The molecule has 2 atom stereocenters. The van der Waals surface area contributed by atoms with Gasteiger partial charge in [0.2, 0.25) is 0 Å². The molecule has 6 aromatic carbocycles. The van der Waals surface area contributed by atoms with E-state index in [1.165, 1.54) is 22.3 Å².